The van der Waals surface area contributed by atoms with Gasteiger partial charge >= 0.3 is 0 Å². The van der Waals surface area contributed by atoms with Crippen LogP contribution in [0, 0.1) is 5.92 Å². The largest absolute Gasteiger partial charge is 0.497 e. The van der Waals surface area contributed by atoms with E-state index in [0.29, 0.717) is 31.7 Å². The number of benzene rings is 2. The molecule has 0 bridgehead atoms. The van der Waals surface area contributed by atoms with Crippen LogP contribution in [0.5, 0.6) is 5.75 Å². The first-order chi connectivity index (χ1) is 19.1. The van der Waals surface area contributed by atoms with E-state index in [2.05, 4.69) is 0 Å². The molecule has 3 heterocycles. The van der Waals surface area contributed by atoms with Crippen LogP contribution in [0.25, 0.3) is 0 Å². The summed E-state index contributed by atoms with van der Waals surface area (Å²) in [6.07, 6.45) is 4.60. The molecule has 1 spiro atoms. The molecule has 8 nitrogen and oxygen atoms in total. The van der Waals surface area contributed by atoms with Crippen LogP contribution >= 0.6 is 0 Å². The maximum atomic E-state index is 14.5. The molecular weight excluding hydrogens is 524 g/mol. The van der Waals surface area contributed by atoms with Gasteiger partial charge in [0.2, 0.25) is 5.91 Å². The minimum atomic E-state index is -2.77. The summed E-state index contributed by atoms with van der Waals surface area (Å²) in [4.78, 5) is 42.3. The molecule has 3 aliphatic rings. The lowest BCUT2D eigenvalue weighted by molar-refractivity contribution is -0.146. The fraction of sp³-hybridized carbons (Fsp3) is 0.548. The fourth-order valence-electron chi connectivity index (χ4n) is 7.18. The summed E-state index contributed by atoms with van der Waals surface area (Å²) in [5.41, 5.74) is 1.77. The van der Waals surface area contributed by atoms with Crippen LogP contribution in [0.3, 0.4) is 0 Å². The van der Waals surface area contributed by atoms with Gasteiger partial charge in [-0.15, -0.1) is 0 Å². The highest BCUT2D eigenvalue weighted by molar-refractivity contribution is 6.71. The molecule has 2 fully saturated rings. The first-order valence-electron chi connectivity index (χ1n) is 14.5. The molecule has 0 saturated carbocycles. The monoisotopic (exact) mass is 566 g/mol. The predicted molar refractivity (Wildman–Crippen MR) is 157 cm³/mol. The van der Waals surface area contributed by atoms with E-state index < -0.39 is 20.0 Å². The molecule has 0 aromatic heterocycles. The lowest BCUT2D eigenvalue weighted by atomic mass is 9.82. The fourth-order valence-corrected chi connectivity index (χ4v) is 9.78. The Bertz CT molecular complexity index is 1260. The van der Waals surface area contributed by atoms with Crippen molar-refractivity contribution in [2.45, 2.75) is 82.3 Å². The summed E-state index contributed by atoms with van der Waals surface area (Å²) in [6, 6.07) is 13.5. The summed E-state index contributed by atoms with van der Waals surface area (Å²) in [5, 5.41) is 9.81. The van der Waals surface area contributed by atoms with Crippen molar-refractivity contribution in [3.63, 3.8) is 0 Å². The van der Waals surface area contributed by atoms with Gasteiger partial charge in [0.25, 0.3) is 5.91 Å². The number of nitrogens with zero attached hydrogens (tertiary/aromatic N) is 2. The molecule has 2 aromatic carbocycles. The second-order valence-corrected chi connectivity index (χ2v) is 16.0. The lowest BCUT2D eigenvalue weighted by Crippen LogP contribution is -2.46. The van der Waals surface area contributed by atoms with Crippen molar-refractivity contribution in [2.24, 2.45) is 5.92 Å². The topological polar surface area (TPSA) is 99.5 Å². The first kappa shape index (κ1) is 28.8. The van der Waals surface area contributed by atoms with E-state index in [1.165, 1.54) is 0 Å². The average Bonchev–Trinajstić information content (AvgIpc) is 3.33. The zero-order valence-electron chi connectivity index (χ0n) is 24.1. The predicted octanol–water partition coefficient (Wildman–Crippen LogP) is 4.72. The van der Waals surface area contributed by atoms with Gasteiger partial charge in [0.1, 0.15) is 5.75 Å². The van der Waals surface area contributed by atoms with E-state index in [-0.39, 0.29) is 29.9 Å². The number of carbonyl (C=O) groups is 2. The van der Waals surface area contributed by atoms with Gasteiger partial charge in [0.15, 0.2) is 13.9 Å². The molecule has 40 heavy (non-hydrogen) atoms. The molecule has 0 radical (unpaired) electrons. The summed E-state index contributed by atoms with van der Waals surface area (Å²) < 4.78 is 12.2. The van der Waals surface area contributed by atoms with Gasteiger partial charge < -0.3 is 29.2 Å². The van der Waals surface area contributed by atoms with E-state index in [9.17, 15) is 19.5 Å². The maximum Gasteiger partial charge on any atom is 0.264 e. The smallest absolute Gasteiger partial charge is 0.264 e. The molecule has 2 saturated heterocycles. The number of fused-ring (bicyclic) bond motifs is 2. The molecule has 4 atom stereocenters. The number of carbonyl (C=O) groups excluding carboxylic acids is 2. The quantitative estimate of drug-likeness (QED) is 0.471. The molecule has 2 aromatic rings. The Balaban J connectivity index is 1.53. The van der Waals surface area contributed by atoms with Gasteiger partial charge in [-0.25, -0.2) is 0 Å². The Morgan fingerprint density at radius 3 is 2.60 bits per heavy atom. The van der Waals surface area contributed by atoms with Gasteiger partial charge in [-0.1, -0.05) is 31.9 Å². The normalized spacial score (nSPS) is 27.2. The molecule has 0 aliphatic carbocycles. The van der Waals surface area contributed by atoms with Crippen LogP contribution in [0.4, 0.5) is 11.4 Å². The molecule has 9 heteroatoms. The third-order valence-electron chi connectivity index (χ3n) is 8.99. The summed E-state index contributed by atoms with van der Waals surface area (Å²) in [6.45, 7) is 6.69. The van der Waals surface area contributed by atoms with Crippen LogP contribution in [0.2, 0.25) is 18.6 Å². The number of aliphatic hydroxyl groups excluding tert-OH is 1. The number of rotatable bonds is 7. The lowest BCUT2D eigenvalue weighted by Gasteiger charge is -2.32. The standard InChI is InChI=1S/C31H42N2O6Si/c1-21-29(40(3,4)37)27(15-17-34)39-31(21)25-19-24(38-2)13-14-26(25)33(30(31)36)20-22-10-9-11-23(18-22)32-16-8-6-5-7-12-28(32)35/h9-11,13-14,18-19,21,27,29,34,37H,5-8,12,15-17,20H2,1-4H3/t21-,27+,29-,31+/m0/s1. The van der Waals surface area contributed by atoms with Crippen molar-refractivity contribution in [1.82, 2.24) is 0 Å². The highest BCUT2D eigenvalue weighted by Gasteiger charge is 2.66. The van der Waals surface area contributed by atoms with Crippen LogP contribution in [0.15, 0.2) is 42.5 Å². The molecule has 216 valence electrons. The van der Waals surface area contributed by atoms with Crippen molar-refractivity contribution < 1.29 is 29.0 Å². The highest BCUT2D eigenvalue weighted by atomic mass is 28.4. The van der Waals surface area contributed by atoms with Crippen LogP contribution in [-0.2, 0) is 26.5 Å². The van der Waals surface area contributed by atoms with E-state index >= 15 is 0 Å². The molecular formula is C31H42N2O6Si. The summed E-state index contributed by atoms with van der Waals surface area (Å²) >= 11 is 0. The highest BCUT2D eigenvalue weighted by Crippen LogP contribution is 2.60. The Morgan fingerprint density at radius 2 is 1.88 bits per heavy atom. The minimum absolute atomic E-state index is 0.0840. The number of aliphatic hydroxyl groups is 1. The van der Waals surface area contributed by atoms with E-state index in [1.54, 1.807) is 12.0 Å². The number of hydrogen-bond acceptors (Lipinski definition) is 6. The van der Waals surface area contributed by atoms with Crippen LogP contribution in [-0.4, -0.2) is 56.4 Å². The molecule has 5 rings (SSSR count). The summed E-state index contributed by atoms with van der Waals surface area (Å²) in [7, 11) is -1.17. The van der Waals surface area contributed by atoms with E-state index in [1.807, 2.05) is 67.4 Å². The second kappa shape index (κ2) is 11.3. The average molecular weight is 567 g/mol. The zero-order valence-corrected chi connectivity index (χ0v) is 25.1. The van der Waals surface area contributed by atoms with Gasteiger partial charge in [-0.3, -0.25) is 9.59 Å². The van der Waals surface area contributed by atoms with Gasteiger partial charge in [-0.05, 0) is 68.3 Å². The maximum absolute atomic E-state index is 14.5. The molecule has 2 N–H and O–H groups in total. The Hall–Kier alpha value is -2.72. The number of amides is 2. The molecule has 3 aliphatic heterocycles. The van der Waals surface area contributed by atoms with Crippen molar-refractivity contribution in [3.8, 4) is 5.75 Å². The Morgan fingerprint density at radius 1 is 1.10 bits per heavy atom. The number of ether oxygens (including phenoxy) is 2. The van der Waals surface area contributed by atoms with Crippen molar-refractivity contribution in [2.75, 3.05) is 30.1 Å². The van der Waals surface area contributed by atoms with Crippen molar-refractivity contribution in [1.29, 1.82) is 0 Å². The Labute approximate surface area is 238 Å². The van der Waals surface area contributed by atoms with E-state index in [0.717, 1.165) is 48.2 Å². The molecule has 2 amide bonds. The van der Waals surface area contributed by atoms with Gasteiger partial charge in [0, 0.05) is 42.3 Å². The summed E-state index contributed by atoms with van der Waals surface area (Å²) in [5.74, 6) is 0.308. The van der Waals surface area contributed by atoms with Gasteiger partial charge in [0.05, 0.1) is 25.4 Å². The van der Waals surface area contributed by atoms with Gasteiger partial charge in [-0.2, -0.15) is 0 Å². The second-order valence-electron chi connectivity index (χ2n) is 12.0. The SMILES string of the molecule is COc1ccc2c(c1)[C@@]1(O[C@H](CCO)[C@@H]([Si](C)(C)O)[C@@H]1C)C(=O)N2Cc1cccc(N2CCCCCCC2=O)c1. The minimum Gasteiger partial charge on any atom is -0.497 e. The number of methoxy groups -OCH3 is 1. The molecule has 0 unspecified atom stereocenters. The number of anilines is 2. The van der Waals surface area contributed by atoms with Crippen molar-refractivity contribution >= 4 is 31.5 Å². The first-order valence-corrected chi connectivity index (χ1v) is 17.5. The van der Waals surface area contributed by atoms with Crippen LogP contribution in [0.1, 0.15) is 56.6 Å². The van der Waals surface area contributed by atoms with Crippen molar-refractivity contribution in [3.05, 3.63) is 53.6 Å². The number of hydrogen-bond donors (Lipinski definition) is 2. The van der Waals surface area contributed by atoms with Crippen LogP contribution < -0.4 is 14.5 Å². The van der Waals surface area contributed by atoms with E-state index in [4.69, 9.17) is 9.47 Å². The third-order valence-corrected chi connectivity index (χ3v) is 11.5. The third kappa shape index (κ3) is 4.97. The zero-order chi connectivity index (χ0) is 28.7. The Kier molecular flexibility index (Phi) is 8.12.